The second-order valence-electron chi connectivity index (χ2n) is 9.03. The summed E-state index contributed by atoms with van der Waals surface area (Å²) in [6, 6.07) is 1.51. The van der Waals surface area contributed by atoms with Crippen molar-refractivity contribution in [2.24, 2.45) is 0 Å². The zero-order valence-electron chi connectivity index (χ0n) is 20.9. The van der Waals surface area contributed by atoms with E-state index in [4.69, 9.17) is 16.6 Å². The number of aliphatic hydroxyl groups is 1. The van der Waals surface area contributed by atoms with E-state index >= 15 is 0 Å². The van der Waals surface area contributed by atoms with Gasteiger partial charge in [-0.2, -0.15) is 4.98 Å². The summed E-state index contributed by atoms with van der Waals surface area (Å²) in [5, 5.41) is 10.5. The van der Waals surface area contributed by atoms with Gasteiger partial charge in [0.2, 0.25) is 0 Å². The third-order valence-electron chi connectivity index (χ3n) is 6.25. The predicted molar refractivity (Wildman–Crippen MR) is 129 cm³/mol. The summed E-state index contributed by atoms with van der Waals surface area (Å²) in [7, 11) is 0. The van der Waals surface area contributed by atoms with E-state index in [2.05, 4.69) is 11.9 Å². The molecule has 0 aromatic carbocycles. The van der Waals surface area contributed by atoms with Crippen LogP contribution in [0.15, 0.2) is 17.1 Å². The maximum absolute atomic E-state index is 12.2. The summed E-state index contributed by atoms with van der Waals surface area (Å²) < 4.78 is 20.5. The smallest absolute Gasteiger partial charge is 0.351 e. The van der Waals surface area contributed by atoms with Gasteiger partial charge in [-0.1, -0.05) is 90.4 Å². The third-order valence-corrected chi connectivity index (χ3v) is 6.25. The largest absolute Gasteiger partial charge is 0.388 e. The lowest BCUT2D eigenvalue weighted by atomic mass is 10.0. The number of rotatable bonds is 17. The average Bonchev–Trinajstić information content (AvgIpc) is 3.11. The van der Waals surface area contributed by atoms with Gasteiger partial charge >= 0.3 is 5.69 Å². The van der Waals surface area contributed by atoms with Crippen molar-refractivity contribution in [3.05, 3.63) is 22.7 Å². The van der Waals surface area contributed by atoms with Gasteiger partial charge < -0.3 is 20.3 Å². The van der Waals surface area contributed by atoms with Crippen molar-refractivity contribution in [1.82, 2.24) is 9.55 Å². The fourth-order valence-corrected chi connectivity index (χ4v) is 4.26. The van der Waals surface area contributed by atoms with E-state index in [1.54, 1.807) is 0 Å². The Bertz CT molecular complexity index is 702. The number of hydrogen-bond acceptors (Lipinski definition) is 6. The maximum Gasteiger partial charge on any atom is 0.351 e. The van der Waals surface area contributed by atoms with Crippen LogP contribution in [0.1, 0.15) is 111 Å². The van der Waals surface area contributed by atoms with Crippen LogP contribution < -0.4 is 11.4 Å². The van der Waals surface area contributed by atoms with Gasteiger partial charge in [0, 0.05) is 14.2 Å². The zero-order chi connectivity index (χ0) is 23.9. The highest BCUT2D eigenvalue weighted by Crippen LogP contribution is 2.31. The van der Waals surface area contributed by atoms with Crippen molar-refractivity contribution in [3.63, 3.8) is 0 Å². The summed E-state index contributed by atoms with van der Waals surface area (Å²) >= 11 is 0. The average molecular weight is 453 g/mol. The molecule has 2 heterocycles. The summed E-state index contributed by atoms with van der Waals surface area (Å²) in [6.45, 7) is 2.65. The molecule has 4 atom stereocenters. The summed E-state index contributed by atoms with van der Waals surface area (Å²) in [5.41, 5.74) is 5.01. The minimum Gasteiger partial charge on any atom is -0.388 e. The molecule has 184 valence electrons. The van der Waals surface area contributed by atoms with E-state index in [0.717, 1.165) is 12.8 Å². The van der Waals surface area contributed by atoms with Crippen molar-refractivity contribution >= 4 is 5.82 Å². The van der Waals surface area contributed by atoms with Crippen LogP contribution in [-0.4, -0.2) is 39.6 Å². The number of hydrogen-bond donors (Lipinski definition) is 2. The highest BCUT2D eigenvalue weighted by Gasteiger charge is 2.43. The Morgan fingerprint density at radius 2 is 1.62 bits per heavy atom. The number of unbranched alkanes of at least 4 members (excludes halogenated alkanes) is 13. The Labute approximate surface area is 195 Å². The number of anilines is 1. The predicted octanol–water partition coefficient (Wildman–Crippen LogP) is 4.97. The number of nitrogens with two attached hydrogens (primary N) is 1. The van der Waals surface area contributed by atoms with Gasteiger partial charge in [-0.15, -0.1) is 0 Å². The van der Waals surface area contributed by atoms with Crippen molar-refractivity contribution in [2.45, 2.75) is 128 Å². The van der Waals surface area contributed by atoms with Crippen LogP contribution in [0, 0.1) is 0 Å². The van der Waals surface area contributed by atoms with Gasteiger partial charge in [-0.3, -0.25) is 4.57 Å². The van der Waals surface area contributed by atoms with E-state index in [1.807, 2.05) is 0 Å². The highest BCUT2D eigenvalue weighted by molar-refractivity contribution is 5.23. The zero-order valence-corrected chi connectivity index (χ0v) is 19.9. The van der Waals surface area contributed by atoms with Crippen LogP contribution in [0.5, 0.6) is 0 Å². The molecule has 0 bridgehead atoms. The number of aliphatic hydroxyl groups excluding tert-OH is 1. The molecule has 7 heteroatoms. The van der Waals surface area contributed by atoms with E-state index in [1.165, 1.54) is 93.9 Å². The van der Waals surface area contributed by atoms with Crippen LogP contribution in [-0.2, 0) is 9.47 Å². The van der Waals surface area contributed by atoms with E-state index in [9.17, 15) is 9.90 Å². The molecular formula is C25H45N3O4. The first-order valence-electron chi connectivity index (χ1n) is 13.4. The third kappa shape index (κ3) is 9.20. The Morgan fingerprint density at radius 1 is 1.06 bits per heavy atom. The molecular weight excluding hydrogens is 406 g/mol. The Hall–Kier alpha value is -1.44. The molecule has 0 amide bonds. The molecule has 0 unspecified atom stereocenters. The molecule has 2 rings (SSSR count). The van der Waals surface area contributed by atoms with Crippen LogP contribution in [0.3, 0.4) is 0 Å². The maximum atomic E-state index is 12.2. The van der Waals surface area contributed by atoms with Crippen molar-refractivity contribution in [3.8, 4) is 0 Å². The first kappa shape index (κ1) is 25.2. The SMILES string of the molecule is [2H]C[C@H]1O[C@@H](n2ccc(N)nc2=O)[C@H](OCCCCCCCCCCCCCCCC)[C@@H]1O. The van der Waals surface area contributed by atoms with E-state index in [-0.39, 0.29) is 12.7 Å². The number of nitrogens with zero attached hydrogens (tertiary/aromatic N) is 2. The molecule has 1 aliphatic heterocycles. The quantitative estimate of drug-likeness (QED) is 0.324. The van der Waals surface area contributed by atoms with Crippen LogP contribution in [0.25, 0.3) is 0 Å². The molecule has 0 spiro atoms. The summed E-state index contributed by atoms with van der Waals surface area (Å²) in [4.78, 5) is 15.9. The number of ether oxygens (including phenoxy) is 2. The lowest BCUT2D eigenvalue weighted by Crippen LogP contribution is -2.37. The topological polar surface area (TPSA) is 99.6 Å². The lowest BCUT2D eigenvalue weighted by Gasteiger charge is -2.22. The van der Waals surface area contributed by atoms with Gasteiger partial charge in [0.15, 0.2) is 6.23 Å². The van der Waals surface area contributed by atoms with Crippen LogP contribution in [0.4, 0.5) is 5.82 Å². The lowest BCUT2D eigenvalue weighted by molar-refractivity contribution is -0.0702. The standard InChI is InChI=1S/C25H45N3O4/c1-3-4-5-6-7-8-9-10-11-12-13-14-15-16-19-31-23-22(29)20(2)32-24(23)28-18-17-21(26)27-25(28)30/h17-18,20,22-24,29H,3-16,19H2,1-2H3,(H2,26,27,30)/t20-,22-,23-,24-/m1/s1/i2D. The minimum atomic E-state index is -0.955. The Balaban J connectivity index is 1.57. The molecule has 1 saturated heterocycles. The second kappa shape index (κ2) is 15.4. The molecule has 1 aliphatic rings. The van der Waals surface area contributed by atoms with Crippen molar-refractivity contribution in [1.29, 1.82) is 0 Å². The molecule has 0 aliphatic carbocycles. The van der Waals surface area contributed by atoms with Crippen LogP contribution in [0.2, 0.25) is 0 Å². The van der Waals surface area contributed by atoms with E-state index < -0.39 is 30.2 Å². The molecule has 32 heavy (non-hydrogen) atoms. The van der Waals surface area contributed by atoms with Gasteiger partial charge in [0.05, 0.1) is 6.10 Å². The van der Waals surface area contributed by atoms with Gasteiger partial charge in [0.25, 0.3) is 0 Å². The van der Waals surface area contributed by atoms with Crippen LogP contribution >= 0.6 is 0 Å². The Kier molecular flexibility index (Phi) is 12.1. The summed E-state index contributed by atoms with van der Waals surface area (Å²) in [6.07, 6.45) is 16.4. The minimum absolute atomic E-state index is 0.104. The summed E-state index contributed by atoms with van der Waals surface area (Å²) in [5.74, 6) is 0.131. The highest BCUT2D eigenvalue weighted by atomic mass is 16.6. The molecule has 1 fully saturated rings. The van der Waals surface area contributed by atoms with Gasteiger partial charge in [-0.05, 0) is 19.4 Å². The number of nitrogen functional groups attached to an aromatic ring is 1. The normalized spacial score (nSPS) is 23.5. The van der Waals surface area contributed by atoms with Gasteiger partial charge in [0.1, 0.15) is 18.0 Å². The number of aromatic nitrogens is 2. The molecule has 0 radical (unpaired) electrons. The molecule has 1 aromatic rings. The molecule has 0 saturated carbocycles. The van der Waals surface area contributed by atoms with Crippen molar-refractivity contribution < 1.29 is 16.0 Å². The molecule has 7 nitrogen and oxygen atoms in total. The molecule has 3 N–H and O–H groups in total. The first-order valence-corrected chi connectivity index (χ1v) is 12.7. The fraction of sp³-hybridized carbons (Fsp3) is 0.840. The molecule has 1 aromatic heterocycles. The first-order chi connectivity index (χ1) is 16.1. The Morgan fingerprint density at radius 3 is 2.16 bits per heavy atom. The van der Waals surface area contributed by atoms with Crippen molar-refractivity contribution in [2.75, 3.05) is 12.3 Å². The monoisotopic (exact) mass is 452 g/mol. The van der Waals surface area contributed by atoms with Gasteiger partial charge in [-0.25, -0.2) is 4.79 Å². The fourth-order valence-electron chi connectivity index (χ4n) is 4.26. The van der Waals surface area contributed by atoms with E-state index in [0.29, 0.717) is 6.61 Å². The second-order valence-corrected chi connectivity index (χ2v) is 9.03.